The molecular formula is C26H26O3PSi2+. The minimum atomic E-state index is -2.75. The summed E-state index contributed by atoms with van der Waals surface area (Å²) >= 11 is 0. The molecule has 4 aromatic rings. The third kappa shape index (κ3) is 4.73. The Hall–Kier alpha value is -2.67. The van der Waals surface area contributed by atoms with Gasteiger partial charge in [0.15, 0.2) is 0 Å². The molecule has 0 N–H and O–H groups in total. The molecule has 0 saturated heterocycles. The van der Waals surface area contributed by atoms with E-state index in [1.54, 1.807) is 0 Å². The van der Waals surface area contributed by atoms with E-state index in [1.807, 2.05) is 121 Å². The average molecular weight is 474 g/mol. The Morgan fingerprint density at radius 3 is 0.906 bits per heavy atom. The summed E-state index contributed by atoms with van der Waals surface area (Å²) in [6, 6.07) is 40.3. The summed E-state index contributed by atoms with van der Waals surface area (Å²) in [5, 5.41) is 4.23. The Bertz CT molecular complexity index is 985. The second-order valence-electron chi connectivity index (χ2n) is 7.94. The van der Waals surface area contributed by atoms with Gasteiger partial charge in [0.2, 0.25) is 0 Å². The number of rotatable bonds is 8. The van der Waals surface area contributed by atoms with E-state index in [1.165, 1.54) is 0 Å². The van der Waals surface area contributed by atoms with Gasteiger partial charge in [-0.05, 0) is 33.8 Å². The van der Waals surface area contributed by atoms with Crippen LogP contribution in [-0.4, -0.2) is 16.6 Å². The van der Waals surface area contributed by atoms with Gasteiger partial charge in [-0.15, -0.1) is 0 Å². The molecule has 6 heteroatoms. The van der Waals surface area contributed by atoms with Crippen molar-refractivity contribution in [3.63, 3.8) is 0 Å². The standard InChI is InChI=1S/C26H26O3PSi2/c1-31(23-15-7-3-8-16-23,24-17-9-4-10-18-24)28-30(27)29-32(2,25-19-11-5-12-20-25)26-21-13-6-14-22-26/h3-22H,1-2H3/q+1. The van der Waals surface area contributed by atoms with Gasteiger partial charge in [-0.1, -0.05) is 121 Å². The molecule has 0 aliphatic carbocycles. The van der Waals surface area contributed by atoms with Crippen molar-refractivity contribution in [1.29, 1.82) is 0 Å². The van der Waals surface area contributed by atoms with Crippen molar-refractivity contribution in [3.8, 4) is 0 Å². The van der Waals surface area contributed by atoms with Gasteiger partial charge in [0, 0.05) is 4.57 Å². The fraction of sp³-hybridized carbons (Fsp3) is 0.0769. The summed E-state index contributed by atoms with van der Waals surface area (Å²) in [6.45, 7) is 4.16. The zero-order valence-corrected chi connectivity index (χ0v) is 21.1. The van der Waals surface area contributed by atoms with E-state index in [4.69, 9.17) is 8.43 Å². The van der Waals surface area contributed by atoms with Crippen LogP contribution in [0, 0.1) is 0 Å². The molecule has 0 atom stereocenters. The van der Waals surface area contributed by atoms with E-state index in [2.05, 4.69) is 13.1 Å². The molecule has 0 amide bonds. The molecule has 0 spiro atoms. The highest BCUT2D eigenvalue weighted by Crippen LogP contribution is 2.33. The van der Waals surface area contributed by atoms with E-state index in [0.717, 1.165) is 20.7 Å². The van der Waals surface area contributed by atoms with Gasteiger partial charge in [0.1, 0.15) is 0 Å². The molecule has 3 nitrogen and oxygen atoms in total. The van der Waals surface area contributed by atoms with Gasteiger partial charge in [0.25, 0.3) is 0 Å². The van der Waals surface area contributed by atoms with Crippen molar-refractivity contribution in [2.45, 2.75) is 13.1 Å². The maximum atomic E-state index is 13.5. The highest BCUT2D eigenvalue weighted by atomic mass is 31.1. The second-order valence-corrected chi connectivity index (χ2v) is 16.3. The maximum absolute atomic E-state index is 13.5. The lowest BCUT2D eigenvalue weighted by Gasteiger charge is -2.24. The molecule has 0 aromatic heterocycles. The zero-order chi connectivity index (χ0) is 22.4. The minimum absolute atomic E-state index is 1.06. The lowest BCUT2D eigenvalue weighted by Crippen LogP contribution is -2.59. The van der Waals surface area contributed by atoms with E-state index in [9.17, 15) is 4.57 Å². The average Bonchev–Trinajstić information content (AvgIpc) is 2.86. The highest BCUT2D eigenvalue weighted by molar-refractivity contribution is 7.40. The summed E-state index contributed by atoms with van der Waals surface area (Å²) in [6.07, 6.45) is 0. The lowest BCUT2D eigenvalue weighted by atomic mass is 10.4. The molecule has 0 unspecified atom stereocenters. The van der Waals surface area contributed by atoms with Crippen LogP contribution in [0.3, 0.4) is 0 Å². The molecule has 32 heavy (non-hydrogen) atoms. The highest BCUT2D eigenvalue weighted by Gasteiger charge is 2.50. The molecule has 160 valence electrons. The largest absolute Gasteiger partial charge is 0.674 e. The Kier molecular flexibility index (Phi) is 6.94. The molecule has 0 aliphatic heterocycles. The van der Waals surface area contributed by atoms with Crippen LogP contribution in [0.2, 0.25) is 13.1 Å². The normalized spacial score (nSPS) is 11.8. The molecule has 0 saturated carbocycles. The Balaban J connectivity index is 1.70. The summed E-state index contributed by atoms with van der Waals surface area (Å²) in [5.74, 6) is 0. The van der Waals surface area contributed by atoms with Gasteiger partial charge >= 0.3 is 24.9 Å². The lowest BCUT2D eigenvalue weighted by molar-refractivity contribution is 0.420. The first kappa shape index (κ1) is 22.5. The van der Waals surface area contributed by atoms with Crippen molar-refractivity contribution in [2.24, 2.45) is 0 Å². The quantitative estimate of drug-likeness (QED) is 0.280. The molecule has 0 radical (unpaired) electrons. The van der Waals surface area contributed by atoms with E-state index in [0.29, 0.717) is 0 Å². The van der Waals surface area contributed by atoms with Crippen LogP contribution in [0.5, 0.6) is 0 Å². The summed E-state index contributed by atoms with van der Waals surface area (Å²) in [5.41, 5.74) is 0. The number of hydrogen-bond donors (Lipinski definition) is 0. The van der Waals surface area contributed by atoms with Crippen molar-refractivity contribution in [1.82, 2.24) is 0 Å². The van der Waals surface area contributed by atoms with Crippen LogP contribution in [-0.2, 0) is 13.0 Å². The first-order valence-corrected chi connectivity index (χ1v) is 16.5. The summed E-state index contributed by atoms with van der Waals surface area (Å²) < 4.78 is 26.4. The van der Waals surface area contributed by atoms with Crippen LogP contribution in [0.4, 0.5) is 0 Å². The van der Waals surface area contributed by atoms with E-state index < -0.39 is 24.9 Å². The first-order valence-electron chi connectivity index (χ1n) is 10.6. The smallest absolute Gasteiger partial charge is 0.165 e. The molecule has 0 bridgehead atoms. The second kappa shape index (κ2) is 9.86. The van der Waals surface area contributed by atoms with Gasteiger partial charge in [-0.25, -0.2) is 0 Å². The fourth-order valence-corrected chi connectivity index (χ4v) is 12.4. The van der Waals surface area contributed by atoms with Crippen LogP contribution >= 0.6 is 8.25 Å². The third-order valence-corrected chi connectivity index (χ3v) is 15.7. The fourth-order valence-electron chi connectivity index (χ4n) is 3.89. The van der Waals surface area contributed by atoms with Crippen LogP contribution in [0.15, 0.2) is 121 Å². The number of hydrogen-bond acceptors (Lipinski definition) is 3. The van der Waals surface area contributed by atoms with Gasteiger partial charge in [-0.2, -0.15) is 8.43 Å². The van der Waals surface area contributed by atoms with Gasteiger partial charge in [0.05, 0.1) is 0 Å². The predicted octanol–water partition coefficient (Wildman–Crippen LogP) is 4.46. The summed E-state index contributed by atoms with van der Waals surface area (Å²) in [4.78, 5) is 0. The van der Waals surface area contributed by atoms with E-state index in [-0.39, 0.29) is 0 Å². The third-order valence-electron chi connectivity index (χ3n) is 5.81. The number of benzene rings is 4. The topological polar surface area (TPSA) is 35.5 Å². The maximum Gasteiger partial charge on any atom is 0.674 e. The van der Waals surface area contributed by atoms with Crippen LogP contribution < -0.4 is 20.7 Å². The van der Waals surface area contributed by atoms with Gasteiger partial charge < -0.3 is 0 Å². The van der Waals surface area contributed by atoms with Crippen molar-refractivity contribution in [3.05, 3.63) is 121 Å². The molecule has 4 aromatic carbocycles. The predicted molar refractivity (Wildman–Crippen MR) is 137 cm³/mol. The van der Waals surface area contributed by atoms with Gasteiger partial charge in [-0.3, -0.25) is 0 Å². The minimum Gasteiger partial charge on any atom is -0.165 e. The monoisotopic (exact) mass is 473 g/mol. The van der Waals surface area contributed by atoms with E-state index >= 15 is 0 Å². The van der Waals surface area contributed by atoms with Crippen LogP contribution in [0.1, 0.15) is 0 Å². The first-order chi connectivity index (χ1) is 15.5. The van der Waals surface area contributed by atoms with Crippen molar-refractivity contribution in [2.75, 3.05) is 0 Å². The Morgan fingerprint density at radius 2 is 0.688 bits per heavy atom. The molecule has 0 heterocycles. The zero-order valence-electron chi connectivity index (χ0n) is 18.2. The SMILES string of the molecule is C[Si](O[P+](=O)O[Si](C)(c1ccccc1)c1ccccc1)(c1ccccc1)c1ccccc1. The Labute approximate surface area is 192 Å². The molecule has 0 fully saturated rings. The molecular weight excluding hydrogens is 447 g/mol. The van der Waals surface area contributed by atoms with Crippen molar-refractivity contribution < 1.29 is 13.0 Å². The van der Waals surface area contributed by atoms with Crippen molar-refractivity contribution >= 4 is 45.6 Å². The van der Waals surface area contributed by atoms with Crippen LogP contribution in [0.25, 0.3) is 0 Å². The summed E-state index contributed by atoms with van der Waals surface area (Å²) in [7, 11) is -7.88. The molecule has 4 rings (SSSR count). The Morgan fingerprint density at radius 1 is 0.469 bits per heavy atom. The molecule has 0 aliphatic rings.